The summed E-state index contributed by atoms with van der Waals surface area (Å²) in [6, 6.07) is 6.72. The Hall–Kier alpha value is -0.540. The van der Waals surface area contributed by atoms with Gasteiger partial charge in [0.25, 0.3) is 0 Å². The molecular formula is C14H15BrClNO. The van der Waals surface area contributed by atoms with Gasteiger partial charge in [-0.15, -0.1) is 0 Å². The number of hydrogen-bond acceptors (Lipinski definition) is 2. The van der Waals surface area contributed by atoms with Crippen molar-refractivity contribution in [2.24, 2.45) is 0 Å². The third kappa shape index (κ3) is 2.19. The largest absolute Gasteiger partial charge is 0.363 e. The van der Waals surface area contributed by atoms with E-state index in [0.29, 0.717) is 30.7 Å². The highest BCUT2D eigenvalue weighted by Gasteiger charge is 2.38. The molecule has 0 saturated carbocycles. The van der Waals surface area contributed by atoms with Crippen LogP contribution >= 0.6 is 27.5 Å². The van der Waals surface area contributed by atoms with Crippen molar-refractivity contribution in [3.8, 4) is 0 Å². The van der Waals surface area contributed by atoms with Crippen LogP contribution in [0.3, 0.4) is 0 Å². The molecule has 96 valence electrons. The van der Waals surface area contributed by atoms with Gasteiger partial charge < -0.3 is 4.90 Å². The van der Waals surface area contributed by atoms with Crippen molar-refractivity contribution >= 4 is 39.0 Å². The minimum absolute atomic E-state index is 0.351. The molecule has 2 aliphatic rings. The van der Waals surface area contributed by atoms with Gasteiger partial charge in [0.2, 0.25) is 0 Å². The highest BCUT2D eigenvalue weighted by Crippen LogP contribution is 2.40. The van der Waals surface area contributed by atoms with Crippen LogP contribution < -0.4 is 4.90 Å². The predicted octanol–water partition coefficient (Wildman–Crippen LogP) is 4.19. The number of carbonyl (C=O) groups excluding carboxylic acids is 1. The monoisotopic (exact) mass is 327 g/mol. The van der Waals surface area contributed by atoms with E-state index in [2.05, 4.69) is 26.9 Å². The molecule has 0 radical (unpaired) electrons. The molecule has 0 aliphatic carbocycles. The van der Waals surface area contributed by atoms with E-state index in [0.717, 1.165) is 28.0 Å². The Kier molecular flexibility index (Phi) is 3.37. The molecule has 3 rings (SSSR count). The van der Waals surface area contributed by atoms with Crippen LogP contribution in [0.2, 0.25) is 5.02 Å². The first-order valence-corrected chi connectivity index (χ1v) is 7.57. The van der Waals surface area contributed by atoms with Gasteiger partial charge in [-0.05, 0) is 37.5 Å². The average Bonchev–Trinajstić information content (AvgIpc) is 2.28. The molecule has 4 heteroatoms. The predicted molar refractivity (Wildman–Crippen MR) is 77.3 cm³/mol. The first-order valence-electron chi connectivity index (χ1n) is 6.40. The number of benzene rings is 1. The van der Waals surface area contributed by atoms with Crippen LogP contribution in [0.5, 0.6) is 0 Å². The Morgan fingerprint density at radius 1 is 1.22 bits per heavy atom. The van der Waals surface area contributed by atoms with Gasteiger partial charge in [0.15, 0.2) is 0 Å². The van der Waals surface area contributed by atoms with Gasteiger partial charge >= 0.3 is 0 Å². The molecule has 0 aromatic heterocycles. The van der Waals surface area contributed by atoms with E-state index in [1.165, 1.54) is 6.42 Å². The second-order valence-electron chi connectivity index (χ2n) is 5.19. The first-order chi connectivity index (χ1) is 8.65. The lowest BCUT2D eigenvalue weighted by Crippen LogP contribution is -2.52. The van der Waals surface area contributed by atoms with Gasteiger partial charge in [-0.2, -0.15) is 0 Å². The highest BCUT2D eigenvalue weighted by atomic mass is 79.9. The number of halogens is 2. The number of piperidine rings is 2. The van der Waals surface area contributed by atoms with Crippen LogP contribution in [0.15, 0.2) is 22.7 Å². The Labute approximate surface area is 120 Å². The van der Waals surface area contributed by atoms with Gasteiger partial charge in [-0.25, -0.2) is 0 Å². The van der Waals surface area contributed by atoms with E-state index in [4.69, 9.17) is 11.6 Å². The summed E-state index contributed by atoms with van der Waals surface area (Å²) in [6.45, 7) is 0. The van der Waals surface area contributed by atoms with Crippen LogP contribution in [-0.2, 0) is 4.79 Å². The van der Waals surface area contributed by atoms with Crippen molar-refractivity contribution in [3.63, 3.8) is 0 Å². The summed E-state index contributed by atoms with van der Waals surface area (Å²) in [5.41, 5.74) is 1.09. The molecule has 18 heavy (non-hydrogen) atoms. The summed E-state index contributed by atoms with van der Waals surface area (Å²) in [6.07, 6.45) is 4.81. The minimum atomic E-state index is 0.351. The molecule has 2 aliphatic heterocycles. The lowest BCUT2D eigenvalue weighted by molar-refractivity contribution is -0.121. The number of ketones is 1. The summed E-state index contributed by atoms with van der Waals surface area (Å²) in [5, 5.41) is 0.774. The zero-order chi connectivity index (χ0) is 12.7. The molecule has 1 aromatic carbocycles. The molecule has 2 bridgehead atoms. The molecule has 2 atom stereocenters. The molecule has 0 amide bonds. The highest BCUT2D eigenvalue weighted by molar-refractivity contribution is 9.10. The molecule has 2 heterocycles. The lowest BCUT2D eigenvalue weighted by Gasteiger charge is -2.47. The zero-order valence-corrected chi connectivity index (χ0v) is 12.4. The number of nitrogens with zero attached hydrogens (tertiary/aromatic N) is 1. The number of anilines is 1. The number of carbonyl (C=O) groups is 1. The van der Waals surface area contributed by atoms with E-state index in [1.807, 2.05) is 12.1 Å². The molecule has 2 unspecified atom stereocenters. The minimum Gasteiger partial charge on any atom is -0.363 e. The standard InChI is InChI=1S/C14H15BrClNO/c15-9-4-5-14(13(16)6-9)17-10-2-1-3-11(17)8-12(18)7-10/h4-6,10-11H,1-3,7-8H2. The van der Waals surface area contributed by atoms with Crippen molar-refractivity contribution in [1.29, 1.82) is 0 Å². The number of hydrogen-bond donors (Lipinski definition) is 0. The van der Waals surface area contributed by atoms with Gasteiger partial charge in [-0.1, -0.05) is 27.5 Å². The number of Topliss-reactive ketones (excluding diaryl/α,β-unsaturated/α-hetero) is 1. The molecular weight excluding hydrogens is 314 g/mol. The average molecular weight is 329 g/mol. The number of fused-ring (bicyclic) bond motifs is 2. The Balaban J connectivity index is 1.97. The van der Waals surface area contributed by atoms with Gasteiger partial charge in [0, 0.05) is 29.4 Å². The maximum Gasteiger partial charge on any atom is 0.137 e. The van der Waals surface area contributed by atoms with Crippen molar-refractivity contribution < 1.29 is 4.79 Å². The van der Waals surface area contributed by atoms with Crippen LogP contribution in [0, 0.1) is 0 Å². The van der Waals surface area contributed by atoms with Crippen LogP contribution in [-0.4, -0.2) is 17.9 Å². The Morgan fingerprint density at radius 2 is 1.89 bits per heavy atom. The summed E-state index contributed by atoms with van der Waals surface area (Å²) < 4.78 is 0.995. The summed E-state index contributed by atoms with van der Waals surface area (Å²) in [7, 11) is 0. The van der Waals surface area contributed by atoms with Crippen LogP contribution in [0.1, 0.15) is 32.1 Å². The van der Waals surface area contributed by atoms with Gasteiger partial charge in [0.05, 0.1) is 10.7 Å². The van der Waals surface area contributed by atoms with Crippen molar-refractivity contribution in [2.45, 2.75) is 44.2 Å². The first kappa shape index (κ1) is 12.5. The van der Waals surface area contributed by atoms with Crippen molar-refractivity contribution in [2.75, 3.05) is 4.90 Å². The Morgan fingerprint density at radius 3 is 2.50 bits per heavy atom. The zero-order valence-electron chi connectivity index (χ0n) is 10.0. The van der Waals surface area contributed by atoms with E-state index in [-0.39, 0.29) is 0 Å². The quantitative estimate of drug-likeness (QED) is 0.770. The molecule has 2 fully saturated rings. The van der Waals surface area contributed by atoms with E-state index >= 15 is 0 Å². The summed E-state index contributed by atoms with van der Waals surface area (Å²) in [5.74, 6) is 0.411. The smallest absolute Gasteiger partial charge is 0.137 e. The summed E-state index contributed by atoms with van der Waals surface area (Å²) in [4.78, 5) is 14.1. The third-order valence-electron chi connectivity index (χ3n) is 3.98. The fourth-order valence-electron chi connectivity index (χ4n) is 3.26. The van der Waals surface area contributed by atoms with Crippen LogP contribution in [0.25, 0.3) is 0 Å². The normalized spacial score (nSPS) is 27.4. The topological polar surface area (TPSA) is 20.3 Å². The molecule has 0 N–H and O–H groups in total. The Bertz CT molecular complexity index is 475. The molecule has 1 aromatic rings. The van der Waals surface area contributed by atoms with Gasteiger partial charge in [-0.3, -0.25) is 4.79 Å². The lowest BCUT2D eigenvalue weighted by atomic mass is 9.83. The SMILES string of the molecule is O=C1CC2CCCC(C1)N2c1ccc(Br)cc1Cl. The third-order valence-corrected chi connectivity index (χ3v) is 4.77. The number of rotatable bonds is 1. The van der Waals surface area contributed by atoms with E-state index in [9.17, 15) is 4.79 Å². The van der Waals surface area contributed by atoms with Crippen molar-refractivity contribution in [3.05, 3.63) is 27.7 Å². The van der Waals surface area contributed by atoms with E-state index < -0.39 is 0 Å². The second-order valence-corrected chi connectivity index (χ2v) is 6.51. The fourth-order valence-corrected chi connectivity index (χ4v) is 4.03. The summed E-state index contributed by atoms with van der Waals surface area (Å²) >= 11 is 9.79. The molecule has 2 saturated heterocycles. The van der Waals surface area contributed by atoms with Crippen molar-refractivity contribution in [1.82, 2.24) is 0 Å². The second kappa shape index (κ2) is 4.86. The van der Waals surface area contributed by atoms with Gasteiger partial charge in [0.1, 0.15) is 5.78 Å². The maximum absolute atomic E-state index is 11.7. The molecule has 0 spiro atoms. The van der Waals surface area contributed by atoms with E-state index in [1.54, 1.807) is 0 Å². The molecule has 2 nitrogen and oxygen atoms in total. The fraction of sp³-hybridized carbons (Fsp3) is 0.500. The van der Waals surface area contributed by atoms with Crippen LogP contribution in [0.4, 0.5) is 5.69 Å². The maximum atomic E-state index is 11.7.